The zero-order chi connectivity index (χ0) is 11.5. The normalized spacial score (nSPS) is 24.7. The van der Waals surface area contributed by atoms with Crippen LogP contribution in [0.2, 0.25) is 0 Å². The molecule has 0 bridgehead atoms. The van der Waals surface area contributed by atoms with E-state index in [1.54, 1.807) is 0 Å². The molecule has 0 spiro atoms. The van der Waals surface area contributed by atoms with Crippen LogP contribution in [0.4, 0.5) is 5.69 Å². The molecule has 1 aliphatic heterocycles. The van der Waals surface area contributed by atoms with Crippen molar-refractivity contribution >= 4 is 17.4 Å². The van der Waals surface area contributed by atoms with Gasteiger partial charge < -0.3 is 9.64 Å². The van der Waals surface area contributed by atoms with Crippen LogP contribution in [0.3, 0.4) is 0 Å². The summed E-state index contributed by atoms with van der Waals surface area (Å²) in [6, 6.07) is 8.65. The van der Waals surface area contributed by atoms with Gasteiger partial charge in [0.1, 0.15) is 5.44 Å². The van der Waals surface area contributed by atoms with Crippen LogP contribution in [0.25, 0.3) is 0 Å². The molecular weight excluding hydrogens is 218 g/mol. The van der Waals surface area contributed by atoms with Crippen LogP contribution in [-0.2, 0) is 4.74 Å². The topological polar surface area (TPSA) is 12.5 Å². The van der Waals surface area contributed by atoms with Crippen molar-refractivity contribution in [2.45, 2.75) is 23.7 Å². The molecule has 0 aromatic heterocycles. The summed E-state index contributed by atoms with van der Waals surface area (Å²) in [5.74, 6) is 0.707. The van der Waals surface area contributed by atoms with Crippen LogP contribution < -0.4 is 4.90 Å². The molecule has 2 atom stereocenters. The van der Waals surface area contributed by atoms with Gasteiger partial charge in [0.15, 0.2) is 0 Å². The van der Waals surface area contributed by atoms with Gasteiger partial charge in [-0.1, -0.05) is 18.7 Å². The summed E-state index contributed by atoms with van der Waals surface area (Å²) in [4.78, 5) is 3.41. The van der Waals surface area contributed by atoms with Gasteiger partial charge in [0.25, 0.3) is 0 Å². The third kappa shape index (κ3) is 2.92. The Morgan fingerprint density at radius 1 is 1.25 bits per heavy atom. The maximum atomic E-state index is 5.70. The number of hydrogen-bond acceptors (Lipinski definition) is 3. The highest BCUT2D eigenvalue weighted by molar-refractivity contribution is 7.99. The molecule has 1 unspecified atom stereocenters. The summed E-state index contributed by atoms with van der Waals surface area (Å²) in [7, 11) is 4.12. The second-order valence-corrected chi connectivity index (χ2v) is 5.84. The lowest BCUT2D eigenvalue weighted by atomic mass is 10.2. The third-order valence-electron chi connectivity index (χ3n) is 2.78. The molecule has 1 fully saturated rings. The van der Waals surface area contributed by atoms with E-state index >= 15 is 0 Å². The van der Waals surface area contributed by atoms with Gasteiger partial charge in [-0.2, -0.15) is 0 Å². The zero-order valence-electron chi connectivity index (χ0n) is 10.1. The van der Waals surface area contributed by atoms with Crippen LogP contribution in [0, 0.1) is 5.92 Å². The summed E-state index contributed by atoms with van der Waals surface area (Å²) in [6.07, 6.45) is 1.17. The number of nitrogens with zero attached hydrogens (tertiary/aromatic N) is 1. The Bertz CT molecular complexity index is 336. The predicted molar refractivity (Wildman–Crippen MR) is 70.1 cm³/mol. The summed E-state index contributed by atoms with van der Waals surface area (Å²) >= 11 is 1.83. The van der Waals surface area contributed by atoms with Crippen molar-refractivity contribution in [1.29, 1.82) is 0 Å². The summed E-state index contributed by atoms with van der Waals surface area (Å²) in [5, 5.41) is 0. The molecule has 0 saturated carbocycles. The smallest absolute Gasteiger partial charge is 0.108 e. The zero-order valence-corrected chi connectivity index (χ0v) is 11.0. The first-order chi connectivity index (χ1) is 7.65. The molecule has 88 valence electrons. The molecule has 0 amide bonds. The van der Waals surface area contributed by atoms with Gasteiger partial charge in [-0.3, -0.25) is 0 Å². The van der Waals surface area contributed by atoms with Crippen molar-refractivity contribution in [3.05, 3.63) is 24.3 Å². The van der Waals surface area contributed by atoms with E-state index in [1.807, 2.05) is 11.8 Å². The average Bonchev–Trinajstić information content (AvgIpc) is 2.65. The van der Waals surface area contributed by atoms with E-state index in [9.17, 15) is 0 Å². The minimum Gasteiger partial charge on any atom is -0.378 e. The predicted octanol–water partition coefficient (Wildman–Crippen LogP) is 3.23. The van der Waals surface area contributed by atoms with Crippen LogP contribution in [-0.4, -0.2) is 26.1 Å². The van der Waals surface area contributed by atoms with Gasteiger partial charge in [-0.15, -0.1) is 0 Å². The number of thioether (sulfide) groups is 1. The summed E-state index contributed by atoms with van der Waals surface area (Å²) in [6.45, 7) is 3.16. The fourth-order valence-corrected chi connectivity index (χ4v) is 2.96. The number of hydrogen-bond donors (Lipinski definition) is 0. The second kappa shape index (κ2) is 5.11. The van der Waals surface area contributed by atoms with Gasteiger partial charge >= 0.3 is 0 Å². The highest BCUT2D eigenvalue weighted by atomic mass is 32.2. The lowest BCUT2D eigenvalue weighted by Crippen LogP contribution is -2.08. The highest BCUT2D eigenvalue weighted by Gasteiger charge is 2.22. The summed E-state index contributed by atoms with van der Waals surface area (Å²) < 4.78 is 5.70. The largest absolute Gasteiger partial charge is 0.378 e. The number of rotatable bonds is 3. The molecular formula is C13H19NOS. The molecule has 3 heteroatoms. The van der Waals surface area contributed by atoms with Gasteiger partial charge in [-0.05, 0) is 36.6 Å². The first-order valence-electron chi connectivity index (χ1n) is 5.71. The van der Waals surface area contributed by atoms with Crippen molar-refractivity contribution in [2.75, 3.05) is 25.6 Å². The van der Waals surface area contributed by atoms with Crippen molar-refractivity contribution in [3.8, 4) is 0 Å². The minimum absolute atomic E-state index is 0.347. The first-order valence-corrected chi connectivity index (χ1v) is 6.59. The van der Waals surface area contributed by atoms with Gasteiger partial charge in [0.05, 0.1) is 6.61 Å². The Labute approximate surface area is 102 Å². The Hall–Kier alpha value is -0.670. The number of ether oxygens (including phenoxy) is 1. The Kier molecular flexibility index (Phi) is 3.77. The molecule has 1 saturated heterocycles. The molecule has 2 rings (SSSR count). The Morgan fingerprint density at radius 2 is 1.94 bits per heavy atom. The number of benzene rings is 1. The Morgan fingerprint density at radius 3 is 2.44 bits per heavy atom. The first kappa shape index (κ1) is 11.8. The average molecular weight is 237 g/mol. The minimum atomic E-state index is 0.347. The second-order valence-electron chi connectivity index (χ2n) is 4.61. The van der Waals surface area contributed by atoms with Gasteiger partial charge in [0.2, 0.25) is 0 Å². The van der Waals surface area contributed by atoms with Gasteiger partial charge in [-0.25, -0.2) is 0 Å². The molecule has 1 aliphatic rings. The van der Waals surface area contributed by atoms with Crippen LogP contribution in [0.1, 0.15) is 13.3 Å². The van der Waals surface area contributed by atoms with E-state index in [2.05, 4.69) is 50.2 Å². The van der Waals surface area contributed by atoms with Crippen LogP contribution in [0.5, 0.6) is 0 Å². The fourth-order valence-electron chi connectivity index (χ4n) is 1.79. The molecule has 0 N–H and O–H groups in total. The Balaban J connectivity index is 1.95. The lowest BCUT2D eigenvalue weighted by molar-refractivity contribution is 0.166. The third-order valence-corrected chi connectivity index (χ3v) is 3.92. The van der Waals surface area contributed by atoms with E-state index in [0.29, 0.717) is 11.4 Å². The van der Waals surface area contributed by atoms with Crippen LogP contribution >= 0.6 is 11.8 Å². The molecule has 1 heterocycles. The number of anilines is 1. The monoisotopic (exact) mass is 237 g/mol. The SMILES string of the molecule is C[C@H]1COC(Sc2ccc(N(C)C)cc2)C1. The van der Waals surface area contributed by atoms with E-state index in [0.717, 1.165) is 6.61 Å². The van der Waals surface area contributed by atoms with Crippen LogP contribution in [0.15, 0.2) is 29.2 Å². The summed E-state index contributed by atoms with van der Waals surface area (Å²) in [5.41, 5.74) is 1.59. The van der Waals surface area contributed by atoms with Crippen molar-refractivity contribution in [3.63, 3.8) is 0 Å². The lowest BCUT2D eigenvalue weighted by Gasteiger charge is -2.13. The fraction of sp³-hybridized carbons (Fsp3) is 0.538. The van der Waals surface area contributed by atoms with Crippen molar-refractivity contribution < 1.29 is 4.74 Å². The molecule has 0 aliphatic carbocycles. The maximum absolute atomic E-state index is 5.70. The molecule has 2 nitrogen and oxygen atoms in total. The quantitative estimate of drug-likeness (QED) is 0.801. The standard InChI is InChI=1S/C13H19NOS/c1-10-8-13(15-9-10)16-12-6-4-11(5-7-12)14(2)3/h4-7,10,13H,8-9H2,1-3H3/t10-,13?/m1/s1. The molecule has 16 heavy (non-hydrogen) atoms. The van der Waals surface area contributed by atoms with Crippen molar-refractivity contribution in [2.24, 2.45) is 5.92 Å². The molecule has 1 aromatic rings. The molecule has 1 aromatic carbocycles. The molecule has 0 radical (unpaired) electrons. The van der Waals surface area contributed by atoms with Gasteiger partial charge in [0, 0.05) is 24.7 Å². The van der Waals surface area contributed by atoms with E-state index in [-0.39, 0.29) is 0 Å². The van der Waals surface area contributed by atoms with E-state index in [4.69, 9.17) is 4.74 Å². The van der Waals surface area contributed by atoms with E-state index < -0.39 is 0 Å². The van der Waals surface area contributed by atoms with Crippen molar-refractivity contribution in [1.82, 2.24) is 0 Å². The maximum Gasteiger partial charge on any atom is 0.108 e. The van der Waals surface area contributed by atoms with E-state index in [1.165, 1.54) is 17.0 Å². The highest BCUT2D eigenvalue weighted by Crippen LogP contribution is 2.33.